The third-order valence-corrected chi connectivity index (χ3v) is 5.90. The lowest BCUT2D eigenvalue weighted by Crippen LogP contribution is -2.18. The van der Waals surface area contributed by atoms with Crippen LogP contribution in [-0.2, 0) is 0 Å². The van der Waals surface area contributed by atoms with Gasteiger partial charge in [0.2, 0.25) is 0 Å². The zero-order valence-corrected chi connectivity index (χ0v) is 18.9. The third-order valence-electron chi connectivity index (χ3n) is 5.12. The van der Waals surface area contributed by atoms with Crippen LogP contribution in [0.25, 0.3) is 11.3 Å². The predicted molar refractivity (Wildman–Crippen MR) is 131 cm³/mol. The molecule has 4 aromatic rings. The summed E-state index contributed by atoms with van der Waals surface area (Å²) in [7, 11) is 0. The molecule has 0 atom stereocenters. The van der Waals surface area contributed by atoms with E-state index in [0.717, 1.165) is 33.1 Å². The zero-order valence-electron chi connectivity index (χ0n) is 18.1. The Balaban J connectivity index is 1.52. The summed E-state index contributed by atoms with van der Waals surface area (Å²) in [6.07, 6.45) is 0. The minimum Gasteiger partial charge on any atom is -0.322 e. The highest BCUT2D eigenvalue weighted by Crippen LogP contribution is 2.24. The van der Waals surface area contributed by atoms with Gasteiger partial charge in [0.25, 0.3) is 11.8 Å². The van der Waals surface area contributed by atoms with Crippen molar-refractivity contribution < 1.29 is 9.59 Å². The van der Waals surface area contributed by atoms with E-state index in [-0.39, 0.29) is 11.8 Å². The van der Waals surface area contributed by atoms with Gasteiger partial charge in [0.1, 0.15) is 0 Å². The molecule has 4 rings (SSSR count). The number of hydrogen-bond acceptors (Lipinski definition) is 4. The Morgan fingerprint density at radius 1 is 0.812 bits per heavy atom. The van der Waals surface area contributed by atoms with Crippen LogP contribution in [-0.4, -0.2) is 16.8 Å². The Morgan fingerprint density at radius 2 is 1.53 bits per heavy atom. The predicted octanol–water partition coefficient (Wildman–Crippen LogP) is 6.24. The van der Waals surface area contributed by atoms with Gasteiger partial charge in [0.15, 0.2) is 0 Å². The summed E-state index contributed by atoms with van der Waals surface area (Å²) in [5, 5.41) is 8.81. The van der Waals surface area contributed by atoms with Crippen molar-refractivity contribution in [1.82, 2.24) is 4.98 Å². The number of nitrogens with one attached hydrogen (secondary N) is 2. The molecular formula is C26H23N3O2S. The summed E-state index contributed by atoms with van der Waals surface area (Å²) in [5.74, 6) is -0.554. The molecular weight excluding hydrogens is 418 g/mol. The molecule has 32 heavy (non-hydrogen) atoms. The average molecular weight is 442 g/mol. The first kappa shape index (κ1) is 21.5. The number of nitrogens with zero attached hydrogens (tertiary/aromatic N) is 1. The topological polar surface area (TPSA) is 71.1 Å². The van der Waals surface area contributed by atoms with Crippen LogP contribution in [0, 0.1) is 20.8 Å². The molecule has 0 radical (unpaired) electrons. The second-order valence-electron chi connectivity index (χ2n) is 7.60. The molecule has 2 amide bonds. The Labute approximate surface area is 191 Å². The summed E-state index contributed by atoms with van der Waals surface area (Å²) in [5.41, 5.74) is 6.00. The van der Waals surface area contributed by atoms with E-state index in [0.29, 0.717) is 16.8 Å². The zero-order chi connectivity index (χ0) is 22.7. The van der Waals surface area contributed by atoms with Gasteiger partial charge in [-0.3, -0.25) is 9.59 Å². The number of aromatic nitrogens is 1. The molecule has 1 heterocycles. The van der Waals surface area contributed by atoms with Crippen molar-refractivity contribution in [1.29, 1.82) is 0 Å². The van der Waals surface area contributed by atoms with Gasteiger partial charge in [-0.05, 0) is 62.2 Å². The van der Waals surface area contributed by atoms with Crippen LogP contribution in [0.5, 0.6) is 0 Å². The van der Waals surface area contributed by atoms with E-state index in [4.69, 9.17) is 0 Å². The summed E-state index contributed by atoms with van der Waals surface area (Å²) >= 11 is 1.59. The van der Waals surface area contributed by atoms with E-state index in [1.54, 1.807) is 47.7 Å². The van der Waals surface area contributed by atoms with Crippen molar-refractivity contribution in [3.05, 3.63) is 99.4 Å². The van der Waals surface area contributed by atoms with Crippen molar-refractivity contribution in [3.63, 3.8) is 0 Å². The molecule has 0 saturated carbocycles. The molecule has 2 N–H and O–H groups in total. The van der Waals surface area contributed by atoms with Crippen LogP contribution in [0.15, 0.2) is 72.1 Å². The average Bonchev–Trinajstić information content (AvgIpc) is 3.23. The van der Waals surface area contributed by atoms with Crippen molar-refractivity contribution in [3.8, 4) is 11.3 Å². The highest BCUT2D eigenvalue weighted by atomic mass is 32.1. The first-order chi connectivity index (χ1) is 15.4. The second-order valence-corrected chi connectivity index (χ2v) is 8.66. The monoisotopic (exact) mass is 441 g/mol. The molecule has 0 aliphatic carbocycles. The fraction of sp³-hybridized carbons (Fsp3) is 0.115. The lowest BCUT2D eigenvalue weighted by atomic mass is 10.1. The lowest BCUT2D eigenvalue weighted by molar-refractivity contribution is 0.102. The first-order valence-electron chi connectivity index (χ1n) is 10.2. The normalized spacial score (nSPS) is 10.6. The number of carbonyl (C=O) groups is 2. The molecule has 0 aliphatic heterocycles. The van der Waals surface area contributed by atoms with Gasteiger partial charge in [0, 0.05) is 22.2 Å². The van der Waals surface area contributed by atoms with Gasteiger partial charge in [-0.15, -0.1) is 11.3 Å². The number of amides is 2. The van der Waals surface area contributed by atoms with E-state index in [2.05, 4.69) is 15.6 Å². The highest BCUT2D eigenvalue weighted by molar-refractivity contribution is 7.09. The maximum atomic E-state index is 13.0. The Bertz CT molecular complexity index is 1290. The van der Waals surface area contributed by atoms with Gasteiger partial charge in [0.05, 0.1) is 22.0 Å². The highest BCUT2D eigenvalue weighted by Gasteiger charge is 2.15. The fourth-order valence-electron chi connectivity index (χ4n) is 3.33. The van der Waals surface area contributed by atoms with Crippen LogP contribution in [0.1, 0.15) is 36.9 Å². The molecule has 0 spiro atoms. The second kappa shape index (κ2) is 9.16. The van der Waals surface area contributed by atoms with Gasteiger partial charge < -0.3 is 10.6 Å². The molecule has 5 nitrogen and oxygen atoms in total. The summed E-state index contributed by atoms with van der Waals surface area (Å²) in [6, 6.07) is 20.2. The molecule has 1 aromatic heterocycles. The van der Waals surface area contributed by atoms with Crippen molar-refractivity contribution in [2.75, 3.05) is 10.6 Å². The van der Waals surface area contributed by atoms with Crippen LogP contribution >= 0.6 is 11.3 Å². The van der Waals surface area contributed by atoms with Crippen molar-refractivity contribution in [2.24, 2.45) is 0 Å². The van der Waals surface area contributed by atoms with Crippen LogP contribution in [0.3, 0.4) is 0 Å². The van der Waals surface area contributed by atoms with Crippen molar-refractivity contribution in [2.45, 2.75) is 20.8 Å². The van der Waals surface area contributed by atoms with E-state index in [1.807, 2.05) is 56.5 Å². The molecule has 6 heteroatoms. The summed E-state index contributed by atoms with van der Waals surface area (Å²) in [6.45, 7) is 5.88. The maximum Gasteiger partial charge on any atom is 0.257 e. The lowest BCUT2D eigenvalue weighted by Gasteiger charge is -2.13. The number of aryl methyl sites for hydroxylation is 3. The smallest absolute Gasteiger partial charge is 0.257 e. The van der Waals surface area contributed by atoms with Gasteiger partial charge >= 0.3 is 0 Å². The van der Waals surface area contributed by atoms with Gasteiger partial charge in [-0.2, -0.15) is 0 Å². The number of para-hydroxylation sites is 1. The van der Waals surface area contributed by atoms with E-state index in [1.165, 1.54) is 0 Å². The first-order valence-corrected chi connectivity index (χ1v) is 11.1. The maximum absolute atomic E-state index is 13.0. The van der Waals surface area contributed by atoms with Crippen LogP contribution in [0.2, 0.25) is 0 Å². The molecule has 0 saturated heterocycles. The Hall–Kier alpha value is -3.77. The van der Waals surface area contributed by atoms with Crippen molar-refractivity contribution >= 4 is 34.5 Å². The SMILES string of the molecule is Cc1ccc(C)c(NC(=O)c2ccccc2NC(=O)c2ccc(-c3csc(C)n3)cc2)c1. The minimum absolute atomic E-state index is 0.274. The molecule has 0 aliphatic rings. The number of rotatable bonds is 5. The third kappa shape index (κ3) is 4.76. The quantitative estimate of drug-likeness (QED) is 0.385. The Kier molecular flexibility index (Phi) is 6.14. The van der Waals surface area contributed by atoms with E-state index >= 15 is 0 Å². The number of hydrogen-bond donors (Lipinski definition) is 2. The number of thiazole rings is 1. The number of benzene rings is 3. The van der Waals surface area contributed by atoms with Crippen LogP contribution < -0.4 is 10.6 Å². The Morgan fingerprint density at radius 3 is 2.25 bits per heavy atom. The molecule has 0 fully saturated rings. The van der Waals surface area contributed by atoms with Crippen LogP contribution in [0.4, 0.5) is 11.4 Å². The number of carbonyl (C=O) groups excluding carboxylic acids is 2. The molecule has 160 valence electrons. The van der Waals surface area contributed by atoms with Gasteiger partial charge in [-0.25, -0.2) is 4.98 Å². The fourth-order valence-corrected chi connectivity index (χ4v) is 3.96. The standard InChI is InChI=1S/C26H23N3O2S/c1-16-8-9-17(2)23(14-16)29-26(31)21-6-4-5-7-22(21)28-25(30)20-12-10-19(11-13-20)24-15-32-18(3)27-24/h4-15H,1-3H3,(H,28,30)(H,29,31). The molecule has 3 aromatic carbocycles. The minimum atomic E-state index is -0.280. The molecule has 0 unspecified atom stereocenters. The van der Waals surface area contributed by atoms with E-state index in [9.17, 15) is 9.59 Å². The summed E-state index contributed by atoms with van der Waals surface area (Å²) in [4.78, 5) is 30.3. The van der Waals surface area contributed by atoms with Gasteiger partial charge in [-0.1, -0.05) is 36.4 Å². The number of anilines is 2. The largest absolute Gasteiger partial charge is 0.322 e. The summed E-state index contributed by atoms with van der Waals surface area (Å²) < 4.78 is 0. The molecule has 0 bridgehead atoms. The van der Waals surface area contributed by atoms with E-state index < -0.39 is 0 Å².